The number of aliphatic hydroxyl groups is 1. The second kappa shape index (κ2) is 10.7. The number of anilines is 1. The Labute approximate surface area is 221 Å². The molecule has 3 aromatic rings. The van der Waals surface area contributed by atoms with Crippen LogP contribution in [0, 0.1) is 11.7 Å². The van der Waals surface area contributed by atoms with Gasteiger partial charge in [-0.25, -0.2) is 9.37 Å². The number of hydrogen-bond donors (Lipinski definition) is 2. The SMILES string of the molecule is O=C(N[C@@H](CN1CCCC1)[C@H](O)c1cc(F)c2c(c1)OCCO2)C1CCN(c2ccc3ccccc3n2)C1. The van der Waals surface area contributed by atoms with Crippen LogP contribution in [0.5, 0.6) is 11.5 Å². The minimum atomic E-state index is -1.09. The number of aromatic nitrogens is 1. The third-order valence-corrected chi connectivity index (χ3v) is 7.79. The third kappa shape index (κ3) is 5.13. The molecule has 0 radical (unpaired) electrons. The molecule has 3 aliphatic rings. The van der Waals surface area contributed by atoms with Crippen molar-refractivity contribution in [3.8, 4) is 11.5 Å². The van der Waals surface area contributed by atoms with Crippen molar-refractivity contribution in [1.82, 2.24) is 15.2 Å². The molecule has 1 unspecified atom stereocenters. The molecule has 9 heteroatoms. The van der Waals surface area contributed by atoms with Gasteiger partial charge in [-0.05, 0) is 68.2 Å². The summed E-state index contributed by atoms with van der Waals surface area (Å²) in [5, 5.41) is 15.6. The molecule has 1 amide bonds. The highest BCUT2D eigenvalue weighted by molar-refractivity contribution is 5.82. The number of para-hydroxylation sites is 1. The van der Waals surface area contributed by atoms with E-state index in [0.29, 0.717) is 31.7 Å². The average molecular weight is 521 g/mol. The van der Waals surface area contributed by atoms with Crippen LogP contribution < -0.4 is 19.7 Å². The summed E-state index contributed by atoms with van der Waals surface area (Å²) < 4.78 is 25.7. The average Bonchev–Trinajstić information content (AvgIpc) is 3.65. The first-order valence-corrected chi connectivity index (χ1v) is 13.5. The molecule has 1 aromatic heterocycles. The van der Waals surface area contributed by atoms with E-state index in [1.807, 2.05) is 30.3 Å². The van der Waals surface area contributed by atoms with Crippen LogP contribution in [0.4, 0.5) is 10.2 Å². The molecule has 200 valence electrons. The molecule has 8 nitrogen and oxygen atoms in total. The molecule has 0 aliphatic carbocycles. The van der Waals surface area contributed by atoms with Crippen LogP contribution in [0.15, 0.2) is 48.5 Å². The molecule has 2 N–H and O–H groups in total. The summed E-state index contributed by atoms with van der Waals surface area (Å²) in [7, 11) is 0. The van der Waals surface area contributed by atoms with Crippen molar-refractivity contribution in [3.63, 3.8) is 0 Å². The molecule has 3 aliphatic heterocycles. The Kier molecular flexibility index (Phi) is 7.04. The Bertz CT molecular complexity index is 1310. The predicted octanol–water partition coefficient (Wildman–Crippen LogP) is 3.29. The van der Waals surface area contributed by atoms with Gasteiger partial charge < -0.3 is 29.7 Å². The van der Waals surface area contributed by atoms with E-state index in [4.69, 9.17) is 14.5 Å². The van der Waals surface area contributed by atoms with E-state index < -0.39 is 18.0 Å². The quantitative estimate of drug-likeness (QED) is 0.495. The number of nitrogens with zero attached hydrogens (tertiary/aromatic N) is 3. The smallest absolute Gasteiger partial charge is 0.225 e. The zero-order chi connectivity index (χ0) is 26.1. The summed E-state index contributed by atoms with van der Waals surface area (Å²) in [5.41, 5.74) is 1.29. The lowest BCUT2D eigenvalue weighted by Gasteiger charge is -2.30. The van der Waals surface area contributed by atoms with Gasteiger partial charge in [0.05, 0.1) is 17.5 Å². The maximum Gasteiger partial charge on any atom is 0.225 e. The molecule has 2 aromatic carbocycles. The van der Waals surface area contributed by atoms with Crippen molar-refractivity contribution < 1.29 is 23.8 Å². The summed E-state index contributed by atoms with van der Waals surface area (Å²) in [4.78, 5) is 22.6. The number of ether oxygens (including phenoxy) is 2. The lowest BCUT2D eigenvalue weighted by atomic mass is 9.99. The fourth-order valence-corrected chi connectivity index (χ4v) is 5.72. The first-order chi connectivity index (χ1) is 18.5. The van der Waals surface area contributed by atoms with Crippen LogP contribution >= 0.6 is 0 Å². The topological polar surface area (TPSA) is 87.2 Å². The van der Waals surface area contributed by atoms with Gasteiger partial charge in [-0.15, -0.1) is 0 Å². The number of hydrogen-bond acceptors (Lipinski definition) is 7. The Morgan fingerprint density at radius 1 is 1.11 bits per heavy atom. The molecule has 38 heavy (non-hydrogen) atoms. The fraction of sp³-hybridized carbons (Fsp3) is 0.448. The molecular formula is C29H33FN4O4. The standard InChI is InChI=1S/C29H33FN4O4/c30-22-15-21(16-25-28(22)38-14-13-37-25)27(35)24(18-33-10-3-4-11-33)32-29(36)20-9-12-34(17-20)26-8-7-19-5-1-2-6-23(19)31-26/h1-2,5-8,15-16,20,24,27,35H,3-4,9-14,17-18H2,(H,32,36)/t20?,24-,27+/m0/s1. The zero-order valence-electron chi connectivity index (χ0n) is 21.3. The number of fused-ring (bicyclic) bond motifs is 2. The number of likely N-dealkylation sites (tertiary alicyclic amines) is 1. The fourth-order valence-electron chi connectivity index (χ4n) is 5.72. The number of amides is 1. The van der Waals surface area contributed by atoms with Crippen molar-refractivity contribution in [2.75, 3.05) is 50.8 Å². The zero-order valence-corrected chi connectivity index (χ0v) is 21.3. The van der Waals surface area contributed by atoms with Crippen molar-refractivity contribution in [2.45, 2.75) is 31.4 Å². The normalized spacial score (nSPS) is 21.0. The molecule has 0 bridgehead atoms. The number of carbonyl (C=O) groups is 1. The van der Waals surface area contributed by atoms with Crippen LogP contribution in [0.1, 0.15) is 30.9 Å². The largest absolute Gasteiger partial charge is 0.486 e. The van der Waals surface area contributed by atoms with Gasteiger partial charge in [0.2, 0.25) is 5.91 Å². The van der Waals surface area contributed by atoms with Gasteiger partial charge in [0.25, 0.3) is 0 Å². The van der Waals surface area contributed by atoms with E-state index in [0.717, 1.165) is 49.2 Å². The highest BCUT2D eigenvalue weighted by atomic mass is 19.1. The Balaban J connectivity index is 1.17. The number of rotatable bonds is 7. The van der Waals surface area contributed by atoms with E-state index in [2.05, 4.69) is 21.2 Å². The van der Waals surface area contributed by atoms with Crippen molar-refractivity contribution >= 4 is 22.6 Å². The van der Waals surface area contributed by atoms with Gasteiger partial charge >= 0.3 is 0 Å². The van der Waals surface area contributed by atoms with E-state index >= 15 is 0 Å². The summed E-state index contributed by atoms with van der Waals surface area (Å²) >= 11 is 0. The van der Waals surface area contributed by atoms with Gasteiger partial charge in [-0.2, -0.15) is 0 Å². The lowest BCUT2D eigenvalue weighted by Crippen LogP contribution is -2.48. The summed E-state index contributed by atoms with van der Waals surface area (Å²) in [5.74, 6) is 0.311. The van der Waals surface area contributed by atoms with E-state index in [1.54, 1.807) is 6.07 Å². The molecule has 2 saturated heterocycles. The number of halogens is 1. The van der Waals surface area contributed by atoms with E-state index in [-0.39, 0.29) is 29.9 Å². The minimum absolute atomic E-state index is 0.0701. The first kappa shape index (κ1) is 24.9. The molecule has 0 saturated carbocycles. The Morgan fingerprint density at radius 2 is 1.92 bits per heavy atom. The molecule has 4 heterocycles. The van der Waals surface area contributed by atoms with Gasteiger partial charge in [-0.3, -0.25) is 4.79 Å². The molecule has 2 fully saturated rings. The number of carbonyl (C=O) groups excluding carboxylic acids is 1. The second-order valence-corrected chi connectivity index (χ2v) is 10.4. The van der Waals surface area contributed by atoms with E-state index in [9.17, 15) is 14.3 Å². The molecule has 0 spiro atoms. The Morgan fingerprint density at radius 3 is 2.79 bits per heavy atom. The highest BCUT2D eigenvalue weighted by Crippen LogP contribution is 2.36. The lowest BCUT2D eigenvalue weighted by molar-refractivity contribution is -0.126. The second-order valence-electron chi connectivity index (χ2n) is 10.4. The minimum Gasteiger partial charge on any atom is -0.486 e. The first-order valence-electron chi connectivity index (χ1n) is 13.5. The van der Waals surface area contributed by atoms with Gasteiger partial charge in [0, 0.05) is 25.0 Å². The van der Waals surface area contributed by atoms with Crippen LogP contribution in [-0.2, 0) is 4.79 Å². The molecular weight excluding hydrogens is 487 g/mol. The van der Waals surface area contributed by atoms with Gasteiger partial charge in [-0.1, -0.05) is 18.2 Å². The summed E-state index contributed by atoms with van der Waals surface area (Å²) in [6, 6.07) is 14.4. The number of benzene rings is 2. The molecule has 3 atom stereocenters. The van der Waals surface area contributed by atoms with E-state index in [1.165, 1.54) is 6.07 Å². The maximum absolute atomic E-state index is 14.7. The maximum atomic E-state index is 14.7. The van der Waals surface area contributed by atoms with Crippen molar-refractivity contribution in [1.29, 1.82) is 0 Å². The third-order valence-electron chi connectivity index (χ3n) is 7.79. The number of aliphatic hydroxyl groups excluding tert-OH is 1. The Hall–Kier alpha value is -3.43. The van der Waals surface area contributed by atoms with Gasteiger partial charge in [0.15, 0.2) is 17.3 Å². The monoisotopic (exact) mass is 520 g/mol. The number of pyridine rings is 1. The summed E-state index contributed by atoms with van der Waals surface area (Å²) in [6.45, 7) is 4.22. The number of nitrogens with one attached hydrogen (secondary N) is 1. The van der Waals surface area contributed by atoms with Crippen molar-refractivity contribution in [3.05, 3.63) is 59.9 Å². The summed E-state index contributed by atoms with van der Waals surface area (Å²) in [6.07, 6.45) is 1.78. The van der Waals surface area contributed by atoms with Crippen LogP contribution in [0.25, 0.3) is 10.9 Å². The predicted molar refractivity (Wildman–Crippen MR) is 142 cm³/mol. The molecule has 6 rings (SSSR count). The van der Waals surface area contributed by atoms with Crippen LogP contribution in [0.2, 0.25) is 0 Å². The van der Waals surface area contributed by atoms with Crippen LogP contribution in [-0.4, -0.2) is 72.9 Å². The van der Waals surface area contributed by atoms with Crippen LogP contribution in [0.3, 0.4) is 0 Å². The van der Waals surface area contributed by atoms with Crippen molar-refractivity contribution in [2.24, 2.45) is 5.92 Å². The van der Waals surface area contributed by atoms with Gasteiger partial charge in [0.1, 0.15) is 25.1 Å². The highest BCUT2D eigenvalue weighted by Gasteiger charge is 2.34.